The van der Waals surface area contributed by atoms with Crippen LogP contribution in [0.3, 0.4) is 0 Å². The second-order valence-corrected chi connectivity index (χ2v) is 8.35. The first-order chi connectivity index (χ1) is 14.2. The van der Waals surface area contributed by atoms with Crippen LogP contribution >= 0.6 is 0 Å². The Kier molecular flexibility index (Phi) is 4.71. The van der Waals surface area contributed by atoms with Crippen LogP contribution in [-0.4, -0.2) is 4.57 Å². The van der Waals surface area contributed by atoms with Gasteiger partial charge in [0.1, 0.15) is 24.5 Å². The van der Waals surface area contributed by atoms with E-state index in [2.05, 4.69) is 102 Å². The summed E-state index contributed by atoms with van der Waals surface area (Å²) in [5, 5.41) is 5.61. The monoisotopic (exact) mass is 381 g/mol. The van der Waals surface area contributed by atoms with Gasteiger partial charge in [0.05, 0.1) is 0 Å². The van der Waals surface area contributed by atoms with E-state index in [9.17, 15) is 0 Å². The van der Waals surface area contributed by atoms with Crippen molar-refractivity contribution in [3.63, 3.8) is 0 Å². The number of rotatable bonds is 4. The molecule has 2 aromatic carbocycles. The maximum absolute atomic E-state index is 2.41. The van der Waals surface area contributed by atoms with Crippen LogP contribution in [0.2, 0.25) is 0 Å². The minimum absolute atomic E-state index is 0.318. The number of hydrogen-bond acceptors (Lipinski definition) is 0. The molecule has 0 radical (unpaired) electrons. The fourth-order valence-corrected chi connectivity index (χ4v) is 4.95. The lowest BCUT2D eigenvalue weighted by Gasteiger charge is -2.16. The van der Waals surface area contributed by atoms with Crippen LogP contribution in [0.1, 0.15) is 57.2 Å². The molecule has 0 N–H and O–H groups in total. The Hall–Kier alpha value is -2.87. The Morgan fingerprint density at radius 1 is 0.862 bits per heavy atom. The molecule has 2 atom stereocenters. The largest absolute Gasteiger partial charge is 0.244 e. The van der Waals surface area contributed by atoms with Crippen molar-refractivity contribution in [2.45, 2.75) is 51.6 Å². The van der Waals surface area contributed by atoms with Gasteiger partial charge in [-0.05, 0) is 66.0 Å². The molecule has 0 saturated carbocycles. The molecule has 0 amide bonds. The van der Waals surface area contributed by atoms with Crippen LogP contribution in [-0.2, 0) is 0 Å². The van der Waals surface area contributed by atoms with Gasteiger partial charge >= 0.3 is 0 Å². The second-order valence-electron chi connectivity index (χ2n) is 8.35. The third kappa shape index (κ3) is 3.27. The molecule has 1 aromatic heterocycles. The molecular weight excluding hydrogens is 352 g/mol. The van der Waals surface area contributed by atoms with Crippen molar-refractivity contribution in [1.29, 1.82) is 0 Å². The summed E-state index contributed by atoms with van der Waals surface area (Å²) in [7, 11) is 0. The Balaban J connectivity index is 1.52. The Morgan fingerprint density at radius 3 is 2.59 bits per heavy atom. The van der Waals surface area contributed by atoms with E-state index in [1.54, 1.807) is 5.57 Å². The summed E-state index contributed by atoms with van der Waals surface area (Å²) in [5.41, 5.74) is 2.96. The van der Waals surface area contributed by atoms with Crippen molar-refractivity contribution < 1.29 is 4.57 Å². The molecule has 2 aliphatic rings. The standard InChI is InChI=1S/C27H29N2/c1-20(24-15-7-11-22-9-3-5-13-26(22)24)28-17-18-29(19-28)21(2)25-16-8-12-23-10-4-6-14-27(23)25/h3,5,8-14,16-21H,4,6-7,15H2,1-2H3/q+1. The summed E-state index contributed by atoms with van der Waals surface area (Å²) in [6, 6.07) is 16.2. The SMILES string of the molecule is CC(c1cccc2c1=CCCC=2)n1cc[n+](C(C)C2=c3ccccc3=CCC2)c1. The lowest BCUT2D eigenvalue weighted by atomic mass is 9.94. The average molecular weight is 382 g/mol. The van der Waals surface area contributed by atoms with E-state index in [4.69, 9.17) is 0 Å². The maximum Gasteiger partial charge on any atom is 0.244 e. The lowest BCUT2D eigenvalue weighted by molar-refractivity contribution is -0.706. The predicted molar refractivity (Wildman–Crippen MR) is 120 cm³/mol. The third-order valence-corrected chi connectivity index (χ3v) is 6.66. The van der Waals surface area contributed by atoms with Crippen molar-refractivity contribution in [2.24, 2.45) is 0 Å². The second kappa shape index (κ2) is 7.51. The predicted octanol–water partition coefficient (Wildman–Crippen LogP) is 2.73. The zero-order valence-electron chi connectivity index (χ0n) is 17.4. The third-order valence-electron chi connectivity index (χ3n) is 6.66. The molecule has 2 unspecified atom stereocenters. The van der Waals surface area contributed by atoms with Crippen molar-refractivity contribution >= 4 is 23.8 Å². The fourth-order valence-electron chi connectivity index (χ4n) is 4.95. The molecule has 0 fully saturated rings. The van der Waals surface area contributed by atoms with Gasteiger partial charge in [-0.2, -0.15) is 0 Å². The topological polar surface area (TPSA) is 8.81 Å². The molecule has 2 heteroatoms. The van der Waals surface area contributed by atoms with Gasteiger partial charge in [0.25, 0.3) is 0 Å². The molecule has 29 heavy (non-hydrogen) atoms. The summed E-state index contributed by atoms with van der Waals surface area (Å²) < 4.78 is 4.73. The zero-order chi connectivity index (χ0) is 19.8. The number of imidazole rings is 1. The summed E-state index contributed by atoms with van der Waals surface area (Å²) in [4.78, 5) is 0. The highest BCUT2D eigenvalue weighted by molar-refractivity contribution is 5.52. The van der Waals surface area contributed by atoms with Gasteiger partial charge < -0.3 is 0 Å². The number of fused-ring (bicyclic) bond motifs is 2. The Labute approximate surface area is 172 Å². The van der Waals surface area contributed by atoms with Crippen LogP contribution in [0.25, 0.3) is 23.8 Å². The smallest absolute Gasteiger partial charge is 0.231 e. The van der Waals surface area contributed by atoms with E-state index in [0.717, 1.165) is 25.7 Å². The van der Waals surface area contributed by atoms with Gasteiger partial charge in [0.2, 0.25) is 6.33 Å². The van der Waals surface area contributed by atoms with Crippen molar-refractivity contribution in [1.82, 2.24) is 4.57 Å². The Morgan fingerprint density at radius 2 is 1.66 bits per heavy atom. The van der Waals surface area contributed by atoms with E-state index in [1.807, 2.05) is 0 Å². The molecule has 2 nitrogen and oxygen atoms in total. The van der Waals surface area contributed by atoms with Gasteiger partial charge in [-0.3, -0.25) is 0 Å². The molecule has 0 saturated heterocycles. The summed E-state index contributed by atoms with van der Waals surface area (Å²) in [5.74, 6) is 0. The number of benzene rings is 2. The van der Waals surface area contributed by atoms with E-state index in [1.165, 1.54) is 26.4 Å². The zero-order valence-corrected chi connectivity index (χ0v) is 17.4. The molecule has 0 aliphatic heterocycles. The quantitative estimate of drug-likeness (QED) is 0.615. The first-order valence-corrected chi connectivity index (χ1v) is 10.9. The summed E-state index contributed by atoms with van der Waals surface area (Å²) in [6.45, 7) is 4.64. The van der Waals surface area contributed by atoms with Gasteiger partial charge in [-0.1, -0.05) is 60.7 Å². The molecule has 146 valence electrons. The van der Waals surface area contributed by atoms with Gasteiger partial charge in [-0.25, -0.2) is 9.13 Å². The van der Waals surface area contributed by atoms with Crippen LogP contribution in [0.5, 0.6) is 0 Å². The van der Waals surface area contributed by atoms with Crippen LogP contribution in [0, 0.1) is 0 Å². The van der Waals surface area contributed by atoms with Crippen molar-refractivity contribution in [2.75, 3.05) is 0 Å². The molecule has 0 spiro atoms. The van der Waals surface area contributed by atoms with E-state index in [0.29, 0.717) is 12.1 Å². The van der Waals surface area contributed by atoms with E-state index < -0.39 is 0 Å². The minimum atomic E-state index is 0.318. The van der Waals surface area contributed by atoms with Gasteiger partial charge in [0.15, 0.2) is 0 Å². The maximum atomic E-state index is 2.41. The number of hydrogen-bond donors (Lipinski definition) is 0. The molecule has 3 aromatic rings. The summed E-state index contributed by atoms with van der Waals surface area (Å²) in [6.07, 6.45) is 18.5. The van der Waals surface area contributed by atoms with E-state index >= 15 is 0 Å². The molecule has 2 aliphatic carbocycles. The lowest BCUT2D eigenvalue weighted by Crippen LogP contribution is -2.41. The molecule has 1 heterocycles. The van der Waals surface area contributed by atoms with Crippen molar-refractivity contribution in [3.8, 4) is 0 Å². The van der Waals surface area contributed by atoms with Gasteiger partial charge in [-0.15, -0.1) is 0 Å². The van der Waals surface area contributed by atoms with Gasteiger partial charge in [0, 0.05) is 5.56 Å². The molecule has 5 rings (SSSR count). The van der Waals surface area contributed by atoms with Crippen LogP contribution in [0.4, 0.5) is 0 Å². The highest BCUT2D eigenvalue weighted by Crippen LogP contribution is 2.20. The first-order valence-electron chi connectivity index (χ1n) is 10.9. The fraction of sp³-hybridized carbons (Fsp3) is 0.296. The normalized spacial score (nSPS) is 17.2. The van der Waals surface area contributed by atoms with Crippen LogP contribution < -0.4 is 25.4 Å². The van der Waals surface area contributed by atoms with Crippen LogP contribution in [0.15, 0.2) is 61.2 Å². The van der Waals surface area contributed by atoms with E-state index in [-0.39, 0.29) is 0 Å². The minimum Gasteiger partial charge on any atom is -0.231 e. The summed E-state index contributed by atoms with van der Waals surface area (Å²) >= 11 is 0. The Bertz CT molecular complexity index is 1290. The highest BCUT2D eigenvalue weighted by atomic mass is 15.1. The average Bonchev–Trinajstić information content (AvgIpc) is 3.28. The number of aromatic nitrogens is 2. The number of nitrogens with zero attached hydrogens (tertiary/aromatic N) is 2. The molecular formula is C27H29N2+. The molecule has 0 bridgehead atoms. The van der Waals surface area contributed by atoms with Crippen molar-refractivity contribution in [3.05, 3.63) is 87.6 Å². The first kappa shape index (κ1) is 18.2. The highest BCUT2D eigenvalue weighted by Gasteiger charge is 2.21.